The van der Waals surface area contributed by atoms with E-state index in [4.69, 9.17) is 22.1 Å². The third kappa shape index (κ3) is 2.89. The van der Waals surface area contributed by atoms with Crippen LogP contribution in [-0.4, -0.2) is 28.4 Å². The summed E-state index contributed by atoms with van der Waals surface area (Å²) in [4.78, 5) is 11.0. The van der Waals surface area contributed by atoms with Crippen molar-refractivity contribution in [2.24, 2.45) is 0 Å². The number of nitrogens with one attached hydrogen (secondary N) is 2. The topological polar surface area (TPSA) is 87.2 Å². The lowest BCUT2D eigenvalue weighted by atomic mass is 10.2. The maximum Gasteiger partial charge on any atom is 0.338 e. The van der Waals surface area contributed by atoms with Gasteiger partial charge in [0.2, 0.25) is 0 Å². The Balaban J connectivity index is 2.36. The van der Waals surface area contributed by atoms with E-state index >= 15 is 0 Å². The summed E-state index contributed by atoms with van der Waals surface area (Å²) in [6.07, 6.45) is 0. The van der Waals surface area contributed by atoms with Crippen molar-refractivity contribution in [2.75, 3.05) is 12.4 Å². The molecule has 0 fully saturated rings. The van der Waals surface area contributed by atoms with Crippen LogP contribution in [0.3, 0.4) is 0 Å². The van der Waals surface area contributed by atoms with Crippen LogP contribution < -0.4 is 10.1 Å². The van der Waals surface area contributed by atoms with Crippen LogP contribution in [0.2, 0.25) is 0 Å². The first kappa shape index (κ1) is 13.0. The second-order valence-electron chi connectivity index (χ2n) is 3.63. The minimum atomic E-state index is -1.10. The molecule has 7 heteroatoms. The molecule has 0 aliphatic heterocycles. The Labute approximate surface area is 114 Å². The molecule has 0 bridgehead atoms. The number of aromatic amines is 1. The van der Waals surface area contributed by atoms with Crippen molar-refractivity contribution in [2.45, 2.75) is 0 Å². The molecule has 1 aromatic heterocycles. The predicted octanol–water partition coefficient (Wildman–Crippen LogP) is 2.59. The van der Waals surface area contributed by atoms with Crippen molar-refractivity contribution >= 4 is 29.7 Å². The summed E-state index contributed by atoms with van der Waals surface area (Å²) in [5.41, 5.74) is 0.668. The van der Waals surface area contributed by atoms with E-state index in [0.29, 0.717) is 17.3 Å². The summed E-state index contributed by atoms with van der Waals surface area (Å²) < 4.78 is 5.26. The number of rotatable bonds is 4. The fourth-order valence-electron chi connectivity index (χ4n) is 1.51. The van der Waals surface area contributed by atoms with Gasteiger partial charge in [-0.05, 0) is 12.1 Å². The van der Waals surface area contributed by atoms with Crippen LogP contribution in [0, 0.1) is 4.64 Å². The van der Waals surface area contributed by atoms with Gasteiger partial charge in [-0.1, -0.05) is 24.4 Å². The highest BCUT2D eigenvalue weighted by Crippen LogP contribution is 2.26. The summed E-state index contributed by atoms with van der Waals surface area (Å²) in [7, 11) is 1.55. The molecule has 6 nitrogen and oxygen atoms in total. The molecule has 0 spiro atoms. The standard InChI is InChI=1S/C12H11N3O3S/c1-18-9-5-3-2-4-8(9)13-10-6-7(12(16)17)11(19)15-14-10/h2-6H,1H3,(H,13,14)(H,15,19)(H,16,17). The quantitative estimate of drug-likeness (QED) is 0.745. The number of hydrogen-bond acceptors (Lipinski definition) is 5. The number of aromatic carboxylic acids is 1. The van der Waals surface area contributed by atoms with E-state index in [1.165, 1.54) is 6.07 Å². The maximum atomic E-state index is 11.0. The number of carboxylic acid groups (broad SMARTS) is 1. The van der Waals surface area contributed by atoms with E-state index in [1.54, 1.807) is 19.2 Å². The monoisotopic (exact) mass is 277 g/mol. The van der Waals surface area contributed by atoms with Gasteiger partial charge >= 0.3 is 5.97 Å². The molecule has 2 rings (SSSR count). The summed E-state index contributed by atoms with van der Waals surface area (Å²) in [5.74, 6) is -0.133. The van der Waals surface area contributed by atoms with E-state index in [0.717, 1.165) is 0 Å². The first-order chi connectivity index (χ1) is 9.11. The van der Waals surface area contributed by atoms with Crippen LogP contribution in [-0.2, 0) is 0 Å². The Morgan fingerprint density at radius 3 is 2.89 bits per heavy atom. The zero-order chi connectivity index (χ0) is 13.8. The molecule has 0 aliphatic rings. The summed E-state index contributed by atoms with van der Waals surface area (Å²) >= 11 is 4.85. The average molecular weight is 277 g/mol. The largest absolute Gasteiger partial charge is 0.495 e. The third-order valence-electron chi connectivity index (χ3n) is 2.40. The number of hydrogen-bond donors (Lipinski definition) is 3. The average Bonchev–Trinajstić information content (AvgIpc) is 2.41. The zero-order valence-corrected chi connectivity index (χ0v) is 10.8. The van der Waals surface area contributed by atoms with Crippen LogP contribution in [0.5, 0.6) is 5.75 Å². The van der Waals surface area contributed by atoms with E-state index in [1.807, 2.05) is 12.1 Å². The molecular weight excluding hydrogens is 266 g/mol. The lowest BCUT2D eigenvalue weighted by Crippen LogP contribution is -2.04. The number of aromatic nitrogens is 2. The van der Waals surface area contributed by atoms with E-state index < -0.39 is 5.97 Å². The van der Waals surface area contributed by atoms with Gasteiger partial charge < -0.3 is 15.2 Å². The molecular formula is C12H11N3O3S. The number of carboxylic acids is 1. The first-order valence-corrected chi connectivity index (χ1v) is 5.75. The van der Waals surface area contributed by atoms with Gasteiger partial charge in [-0.2, -0.15) is 5.10 Å². The van der Waals surface area contributed by atoms with Crippen LogP contribution in [0.15, 0.2) is 30.3 Å². The second kappa shape index (κ2) is 5.49. The van der Waals surface area contributed by atoms with Gasteiger partial charge in [-0.3, -0.25) is 5.10 Å². The van der Waals surface area contributed by atoms with Crippen LogP contribution in [0.4, 0.5) is 11.5 Å². The highest BCUT2D eigenvalue weighted by molar-refractivity contribution is 7.71. The van der Waals surface area contributed by atoms with Gasteiger partial charge in [0.1, 0.15) is 10.4 Å². The lowest BCUT2D eigenvalue weighted by molar-refractivity contribution is 0.0695. The number of methoxy groups -OCH3 is 1. The van der Waals surface area contributed by atoms with Gasteiger partial charge in [0.25, 0.3) is 0 Å². The summed E-state index contributed by atoms with van der Waals surface area (Å²) in [6.45, 7) is 0. The zero-order valence-electron chi connectivity index (χ0n) is 10.0. The normalized spacial score (nSPS) is 9.95. The molecule has 0 aliphatic carbocycles. The van der Waals surface area contributed by atoms with E-state index in [9.17, 15) is 4.79 Å². The molecule has 1 aromatic carbocycles. The molecule has 0 unspecified atom stereocenters. The van der Waals surface area contributed by atoms with Gasteiger partial charge in [0.15, 0.2) is 5.82 Å². The van der Waals surface area contributed by atoms with Crippen molar-refractivity contribution in [3.05, 3.63) is 40.5 Å². The van der Waals surface area contributed by atoms with Gasteiger partial charge in [0.05, 0.1) is 18.4 Å². The molecule has 0 saturated heterocycles. The molecule has 0 atom stereocenters. The number of nitrogens with zero attached hydrogens (tertiary/aromatic N) is 1. The lowest BCUT2D eigenvalue weighted by Gasteiger charge is -2.10. The van der Waals surface area contributed by atoms with Crippen LogP contribution in [0.1, 0.15) is 10.4 Å². The third-order valence-corrected chi connectivity index (χ3v) is 2.71. The minimum absolute atomic E-state index is 0.0117. The van der Waals surface area contributed by atoms with Crippen LogP contribution >= 0.6 is 12.2 Å². The molecule has 0 saturated carbocycles. The van der Waals surface area contributed by atoms with E-state index in [2.05, 4.69) is 15.5 Å². The second-order valence-corrected chi connectivity index (χ2v) is 4.03. The fourth-order valence-corrected chi connectivity index (χ4v) is 1.71. The molecule has 98 valence electrons. The van der Waals surface area contributed by atoms with Crippen LogP contribution in [0.25, 0.3) is 0 Å². The number of H-pyrrole nitrogens is 1. The number of carbonyl (C=O) groups is 1. The Bertz CT molecular complexity index is 669. The SMILES string of the molecule is COc1ccccc1Nc1cc(C(=O)O)c(=S)[nH]n1. The summed E-state index contributed by atoms with van der Waals surface area (Å²) in [5, 5.41) is 18.4. The molecule has 1 heterocycles. The van der Waals surface area contributed by atoms with Gasteiger partial charge in [-0.15, -0.1) is 0 Å². The molecule has 3 N–H and O–H groups in total. The number of benzene rings is 1. The highest BCUT2D eigenvalue weighted by Gasteiger charge is 2.09. The maximum absolute atomic E-state index is 11.0. The first-order valence-electron chi connectivity index (χ1n) is 5.35. The molecule has 2 aromatic rings. The van der Waals surface area contributed by atoms with Crippen molar-refractivity contribution in [3.63, 3.8) is 0 Å². The number of ether oxygens (including phenoxy) is 1. The minimum Gasteiger partial charge on any atom is -0.495 e. The molecule has 0 amide bonds. The fraction of sp³-hybridized carbons (Fsp3) is 0.0833. The Hall–Kier alpha value is -2.41. The molecule has 19 heavy (non-hydrogen) atoms. The highest BCUT2D eigenvalue weighted by atomic mass is 32.1. The number of para-hydroxylation sites is 2. The Kier molecular flexibility index (Phi) is 3.76. The Morgan fingerprint density at radius 2 is 2.21 bits per heavy atom. The summed E-state index contributed by atoms with van der Waals surface area (Å²) in [6, 6.07) is 8.61. The van der Waals surface area contributed by atoms with E-state index in [-0.39, 0.29) is 10.2 Å². The van der Waals surface area contributed by atoms with Crippen molar-refractivity contribution < 1.29 is 14.6 Å². The van der Waals surface area contributed by atoms with Crippen molar-refractivity contribution in [1.29, 1.82) is 0 Å². The van der Waals surface area contributed by atoms with Crippen molar-refractivity contribution in [3.8, 4) is 5.75 Å². The van der Waals surface area contributed by atoms with Gasteiger partial charge in [0, 0.05) is 6.07 Å². The van der Waals surface area contributed by atoms with Crippen molar-refractivity contribution in [1.82, 2.24) is 10.2 Å². The molecule has 0 radical (unpaired) electrons. The smallest absolute Gasteiger partial charge is 0.338 e. The predicted molar refractivity (Wildman–Crippen MR) is 72.7 cm³/mol. The Morgan fingerprint density at radius 1 is 1.47 bits per heavy atom. The van der Waals surface area contributed by atoms with Gasteiger partial charge in [-0.25, -0.2) is 4.79 Å². The number of anilines is 2.